The van der Waals surface area contributed by atoms with Crippen LogP contribution in [0.4, 0.5) is 26.2 Å². The zero-order valence-corrected chi connectivity index (χ0v) is 42.9. The maximum Gasteiger partial charge on any atom is 0.258 e. The number of carbonyl (C=O) groups is 3. The molecule has 3 aliphatic rings. The van der Waals surface area contributed by atoms with E-state index in [2.05, 4.69) is 41.1 Å². The van der Waals surface area contributed by atoms with Gasteiger partial charge in [0.2, 0.25) is 17.8 Å². The van der Waals surface area contributed by atoms with Gasteiger partial charge in [0.05, 0.1) is 67.6 Å². The van der Waals surface area contributed by atoms with E-state index in [-0.39, 0.29) is 32.4 Å². The molecule has 6 N–H and O–H groups in total. The number of hydrogen-bond donors (Lipinski definition) is 6. The molecule has 18 nitrogen and oxygen atoms in total. The quantitative estimate of drug-likeness (QED) is 0.0514. The summed E-state index contributed by atoms with van der Waals surface area (Å²) >= 11 is 8.81. The molecule has 71 heavy (non-hydrogen) atoms. The van der Waals surface area contributed by atoms with Crippen molar-refractivity contribution < 1.29 is 47.6 Å². The Morgan fingerprint density at radius 2 is 1.80 bits per heavy atom. The third-order valence-electron chi connectivity index (χ3n) is 12.8. The lowest BCUT2D eigenvalue weighted by Gasteiger charge is -2.37. The van der Waals surface area contributed by atoms with Crippen LogP contribution in [0.15, 0.2) is 48.1 Å². The number of benzene rings is 2. The van der Waals surface area contributed by atoms with Crippen molar-refractivity contribution in [3.63, 3.8) is 0 Å². The number of methoxy groups -OCH3 is 1. The van der Waals surface area contributed by atoms with Gasteiger partial charge in [-0.2, -0.15) is 16.7 Å². The Kier molecular flexibility index (Phi) is 18.5. The van der Waals surface area contributed by atoms with Crippen molar-refractivity contribution in [2.75, 3.05) is 96.2 Å². The minimum Gasteiger partial charge on any atom is -0.495 e. The highest BCUT2D eigenvalue weighted by Crippen LogP contribution is 2.41. The Bertz CT molecular complexity index is 2480. The predicted molar refractivity (Wildman–Crippen MR) is 269 cm³/mol. The Morgan fingerprint density at radius 1 is 1.06 bits per heavy atom. The summed E-state index contributed by atoms with van der Waals surface area (Å²) < 4.78 is 46.5. The molecule has 3 amide bonds. The highest BCUT2D eigenvalue weighted by Gasteiger charge is 2.54. The maximum absolute atomic E-state index is 15.1. The molecule has 2 saturated heterocycles. The number of ether oxygens (including phenoxy) is 3. The van der Waals surface area contributed by atoms with Gasteiger partial charge in [0.25, 0.3) is 5.91 Å². The highest BCUT2D eigenvalue weighted by atomic mass is 35.5. The molecule has 23 heteroatoms. The van der Waals surface area contributed by atoms with Crippen LogP contribution in [0.25, 0.3) is 10.4 Å². The first-order chi connectivity index (χ1) is 34.0. The molecule has 2 aromatic carbocycles. The summed E-state index contributed by atoms with van der Waals surface area (Å²) in [6.07, 6.45) is -0.265. The van der Waals surface area contributed by atoms with Crippen LogP contribution < -0.4 is 26.0 Å². The minimum absolute atomic E-state index is 0.0248. The van der Waals surface area contributed by atoms with Crippen molar-refractivity contribution in [1.82, 2.24) is 40.3 Å². The van der Waals surface area contributed by atoms with Crippen LogP contribution in [-0.2, 0) is 30.4 Å². The van der Waals surface area contributed by atoms with Gasteiger partial charge in [-0.25, -0.2) is 18.7 Å². The summed E-state index contributed by atoms with van der Waals surface area (Å²) in [6, 6.07) is 7.82. The first-order valence-corrected chi connectivity index (χ1v) is 25.8. The second-order valence-corrected chi connectivity index (χ2v) is 21.2. The first-order valence-electron chi connectivity index (χ1n) is 23.5. The van der Waals surface area contributed by atoms with Crippen molar-refractivity contribution in [2.24, 2.45) is 0 Å². The summed E-state index contributed by atoms with van der Waals surface area (Å²) in [5.74, 6) is -0.726. The van der Waals surface area contributed by atoms with E-state index in [0.717, 1.165) is 18.0 Å². The van der Waals surface area contributed by atoms with E-state index >= 15 is 8.78 Å². The molecule has 2 aliphatic heterocycles. The lowest BCUT2D eigenvalue weighted by Crippen LogP contribution is -2.61. The van der Waals surface area contributed by atoms with E-state index in [4.69, 9.17) is 25.8 Å². The number of carbonyl (C=O) groups excluding carboxylic acids is 3. The number of hydrogen-bond acceptors (Lipinski definition) is 17. The first kappa shape index (κ1) is 54.0. The van der Waals surface area contributed by atoms with Gasteiger partial charge < -0.3 is 50.6 Å². The molecular weight excluding hydrogens is 982 g/mol. The fourth-order valence-electron chi connectivity index (χ4n) is 8.42. The van der Waals surface area contributed by atoms with Gasteiger partial charge in [-0.1, -0.05) is 29.8 Å². The number of amides is 3. The minimum atomic E-state index is -2.06. The van der Waals surface area contributed by atoms with Crippen molar-refractivity contribution in [3.8, 4) is 16.2 Å². The highest BCUT2D eigenvalue weighted by molar-refractivity contribution is 8.00. The largest absolute Gasteiger partial charge is 0.495 e. The fourth-order valence-corrected chi connectivity index (χ4v) is 10.5. The molecule has 4 aromatic rings. The third kappa shape index (κ3) is 13.8. The third-order valence-corrected chi connectivity index (χ3v) is 15.4. The molecule has 4 heterocycles. The molecule has 4 atom stereocenters. The summed E-state index contributed by atoms with van der Waals surface area (Å²) in [4.78, 5) is 60.0. The number of piperazine rings is 1. The fraction of sp³-hybridized carbons (Fsp3) is 0.542. The number of halogens is 3. The van der Waals surface area contributed by atoms with Crippen LogP contribution in [0, 0.1) is 12.7 Å². The van der Waals surface area contributed by atoms with Gasteiger partial charge in [-0.05, 0) is 62.9 Å². The summed E-state index contributed by atoms with van der Waals surface area (Å²) in [5, 5.41) is 33.8. The van der Waals surface area contributed by atoms with Gasteiger partial charge in [0.15, 0.2) is 5.67 Å². The number of nitrogens with one attached hydrogen (secondary N) is 4. The average molecular weight is 1050 g/mol. The van der Waals surface area contributed by atoms with E-state index in [1.807, 2.05) is 17.0 Å². The number of likely N-dealkylation sites (tertiary alicyclic amines) is 1. The summed E-state index contributed by atoms with van der Waals surface area (Å²) in [7, 11) is 3.28. The Labute approximate surface area is 425 Å². The van der Waals surface area contributed by atoms with Crippen molar-refractivity contribution in [2.45, 2.75) is 81.4 Å². The second-order valence-electron chi connectivity index (χ2n) is 18.2. The molecule has 7 rings (SSSR count). The number of aliphatic hydroxyl groups is 2. The van der Waals surface area contributed by atoms with Crippen LogP contribution >= 0.6 is 34.7 Å². The van der Waals surface area contributed by atoms with Gasteiger partial charge >= 0.3 is 0 Å². The number of alkyl halides is 1. The molecule has 0 radical (unpaired) electrons. The molecule has 0 spiro atoms. The number of aliphatic hydroxyl groups excluding tert-OH is 2. The van der Waals surface area contributed by atoms with Crippen molar-refractivity contribution in [1.29, 1.82) is 0 Å². The number of rotatable bonds is 24. The molecule has 1 unspecified atom stereocenters. The molecular formula is C48H63ClF2N10O8S2. The number of thioether (sulfide) groups is 1. The van der Waals surface area contributed by atoms with Crippen LogP contribution in [0.2, 0.25) is 5.02 Å². The van der Waals surface area contributed by atoms with Crippen LogP contribution in [0.1, 0.15) is 56.2 Å². The lowest BCUT2D eigenvalue weighted by atomic mass is 10.00. The lowest BCUT2D eigenvalue weighted by molar-refractivity contribution is -0.143. The topological polar surface area (TPSA) is 216 Å². The molecule has 2 aromatic heterocycles. The molecule has 0 bridgehead atoms. The van der Waals surface area contributed by atoms with E-state index in [1.54, 1.807) is 58.6 Å². The molecule has 3 fully saturated rings. The van der Waals surface area contributed by atoms with Crippen molar-refractivity contribution in [3.05, 3.63) is 75.8 Å². The zero-order chi connectivity index (χ0) is 50.9. The standard InChI is InChI=1S/C48H63ClF2N10O8S2/c1-29-39(70-28-55-29)33-8-6-30(22-35(33)50)25-53-42(63)37-24-32(62)27-61(37)44(65)40(57-45(66)48(51)10-11-48)47(2,3)71-21-20-69-19-18-68-17-16-59-12-14-60(15-13-59)43(64)31-7-9-36(38(23-31)67-5)56-46-54-26-34(49)41(52-4)58-46/h6-9,22-23,26,28,32,37,40,43,62,64H,10-21,24-25,27H2,1-5H3,(H,53,63)(H,57,66)(H2,52,54,56,58)/t32-,37+,40-,43?/m1/s1. The Balaban J connectivity index is 0.819. The van der Waals surface area contributed by atoms with Crippen LogP contribution in [0.5, 0.6) is 5.75 Å². The number of nitrogens with zero attached hydrogens (tertiary/aromatic N) is 6. The molecule has 386 valence electrons. The van der Waals surface area contributed by atoms with Gasteiger partial charge in [0, 0.05) is 75.3 Å². The zero-order valence-electron chi connectivity index (χ0n) is 40.5. The van der Waals surface area contributed by atoms with E-state index in [1.165, 1.54) is 40.3 Å². The Hall–Kier alpha value is -4.78. The van der Waals surface area contributed by atoms with Gasteiger partial charge in [0.1, 0.15) is 40.7 Å². The summed E-state index contributed by atoms with van der Waals surface area (Å²) in [6.45, 7) is 10.2. The van der Waals surface area contributed by atoms with E-state index < -0.39 is 58.4 Å². The SMILES string of the molecule is CNc1nc(Nc2ccc(C(O)N3CCN(CCOCCOCCSC(C)(C)[C@H](NC(=O)C4(F)CC4)C(=O)N4C[C@H](O)C[C@H]4C(=O)NCc4ccc(-c5scnc5C)c(F)c4)CC3)cc2OC)ncc1Cl. The van der Waals surface area contributed by atoms with Gasteiger partial charge in [-0.3, -0.25) is 24.2 Å². The van der Waals surface area contributed by atoms with Crippen LogP contribution in [-0.4, -0.2) is 172 Å². The van der Waals surface area contributed by atoms with Crippen molar-refractivity contribution >= 4 is 69.9 Å². The smallest absolute Gasteiger partial charge is 0.258 e. The average Bonchev–Trinajstić information content (AvgIpc) is 3.78. The number of β-amino-alcohol motifs (C(OH)–C–C–N with tert-alkyl or cyclic N) is 1. The predicted octanol–water partition coefficient (Wildman–Crippen LogP) is 4.91. The second kappa shape index (κ2) is 24.3. The normalized spacial score (nSPS) is 19.0. The van der Waals surface area contributed by atoms with E-state index in [0.29, 0.717) is 102 Å². The number of aromatic nitrogens is 3. The summed E-state index contributed by atoms with van der Waals surface area (Å²) in [5.41, 5.74) is 2.55. The number of aryl methyl sites for hydroxylation is 1. The molecule has 1 saturated carbocycles. The Morgan fingerprint density at radius 3 is 2.48 bits per heavy atom. The monoisotopic (exact) mass is 1040 g/mol. The maximum atomic E-state index is 15.1. The number of anilines is 3. The molecule has 1 aliphatic carbocycles. The van der Waals surface area contributed by atoms with E-state index in [9.17, 15) is 24.6 Å². The van der Waals surface area contributed by atoms with Gasteiger partial charge in [-0.15, -0.1) is 11.3 Å². The van der Waals surface area contributed by atoms with Crippen LogP contribution in [0.3, 0.4) is 0 Å². The number of thiazole rings is 1.